The lowest BCUT2D eigenvalue weighted by Crippen LogP contribution is -2.14. The number of hydrogen-bond acceptors (Lipinski definition) is 3. The maximum Gasteiger partial charge on any atom is 0.295 e. The second-order valence-electron chi connectivity index (χ2n) is 7.27. The van der Waals surface area contributed by atoms with Crippen molar-refractivity contribution in [2.45, 2.75) is 20.8 Å². The molecule has 6 heteroatoms. The van der Waals surface area contributed by atoms with Crippen LogP contribution in [0.25, 0.3) is 17.1 Å². The lowest BCUT2D eigenvalue weighted by Gasteiger charge is -2.06. The van der Waals surface area contributed by atoms with E-state index in [0.29, 0.717) is 16.5 Å². The Morgan fingerprint density at radius 3 is 2.40 bits per heavy atom. The van der Waals surface area contributed by atoms with Gasteiger partial charge in [-0.05, 0) is 68.3 Å². The van der Waals surface area contributed by atoms with Crippen LogP contribution in [0.3, 0.4) is 0 Å². The molecule has 150 valence electrons. The van der Waals surface area contributed by atoms with E-state index < -0.39 is 0 Å². The molecule has 0 saturated heterocycles. The van der Waals surface area contributed by atoms with Crippen LogP contribution in [0.1, 0.15) is 27.3 Å². The van der Waals surface area contributed by atoms with E-state index in [1.165, 1.54) is 0 Å². The van der Waals surface area contributed by atoms with Gasteiger partial charge in [-0.1, -0.05) is 47.5 Å². The average molecular weight is 417 g/mol. The third-order valence-electron chi connectivity index (χ3n) is 4.94. The number of nitrogens with one attached hydrogen (secondary N) is 1. The Balaban J connectivity index is 1.75. The van der Waals surface area contributed by atoms with Crippen LogP contribution in [-0.4, -0.2) is 20.7 Å². The molecule has 0 spiro atoms. The molecule has 3 aromatic carbocycles. The summed E-state index contributed by atoms with van der Waals surface area (Å²) in [6.07, 6.45) is 0. The number of anilines is 1. The third-order valence-corrected chi connectivity index (χ3v) is 5.17. The normalized spacial score (nSPS) is 10.8. The number of nitrogens with zero attached hydrogens (tertiary/aromatic N) is 3. The highest BCUT2D eigenvalue weighted by atomic mass is 35.5. The predicted molar refractivity (Wildman–Crippen MR) is 120 cm³/mol. The molecule has 0 saturated carbocycles. The second kappa shape index (κ2) is 8.13. The summed E-state index contributed by atoms with van der Waals surface area (Å²) in [5, 5.41) is 7.98. The molecule has 0 atom stereocenters. The summed E-state index contributed by atoms with van der Waals surface area (Å²) in [5.74, 6) is 0.266. The molecule has 4 aromatic rings. The number of hydrogen-bond donors (Lipinski definition) is 1. The van der Waals surface area contributed by atoms with Crippen molar-refractivity contribution in [3.8, 4) is 17.1 Å². The van der Waals surface area contributed by atoms with E-state index in [4.69, 9.17) is 11.6 Å². The monoisotopic (exact) mass is 416 g/mol. The molecule has 1 amide bonds. The van der Waals surface area contributed by atoms with Crippen molar-refractivity contribution in [2.24, 2.45) is 0 Å². The molecular weight excluding hydrogens is 396 g/mol. The molecular formula is C24H21ClN4O. The minimum Gasteiger partial charge on any atom is -0.319 e. The van der Waals surface area contributed by atoms with Gasteiger partial charge in [-0.3, -0.25) is 4.79 Å². The van der Waals surface area contributed by atoms with Gasteiger partial charge in [0.1, 0.15) is 0 Å². The molecule has 1 heterocycles. The van der Waals surface area contributed by atoms with Crippen molar-refractivity contribution in [3.05, 3.63) is 94.3 Å². The number of rotatable bonds is 4. The number of halogens is 1. The van der Waals surface area contributed by atoms with Gasteiger partial charge in [-0.2, -0.15) is 0 Å². The molecule has 30 heavy (non-hydrogen) atoms. The fraction of sp³-hybridized carbons (Fsp3) is 0.125. The predicted octanol–water partition coefficient (Wildman–Crippen LogP) is 5.77. The lowest BCUT2D eigenvalue weighted by molar-refractivity contribution is 0.101. The van der Waals surface area contributed by atoms with Gasteiger partial charge in [0.05, 0.1) is 5.69 Å². The van der Waals surface area contributed by atoms with E-state index in [0.717, 1.165) is 27.9 Å². The SMILES string of the molecule is Cc1ccc(-n2nc(C(=O)Nc3ccc(C)c(C)c3)nc2-c2cccc(Cl)c2)cc1. The molecule has 1 aromatic heterocycles. The molecule has 0 radical (unpaired) electrons. The molecule has 1 N–H and O–H groups in total. The highest BCUT2D eigenvalue weighted by molar-refractivity contribution is 6.30. The number of carbonyl (C=O) groups is 1. The quantitative estimate of drug-likeness (QED) is 0.459. The largest absolute Gasteiger partial charge is 0.319 e. The van der Waals surface area contributed by atoms with Gasteiger partial charge in [-0.15, -0.1) is 5.10 Å². The number of carbonyl (C=O) groups excluding carboxylic acids is 1. The van der Waals surface area contributed by atoms with E-state index in [2.05, 4.69) is 15.4 Å². The summed E-state index contributed by atoms with van der Waals surface area (Å²) in [6, 6.07) is 21.0. The minimum atomic E-state index is -0.368. The zero-order valence-corrected chi connectivity index (χ0v) is 17.7. The average Bonchev–Trinajstić information content (AvgIpc) is 3.17. The standard InChI is InChI=1S/C24H21ClN4O/c1-15-7-11-21(12-8-15)29-23(18-5-4-6-19(25)14-18)27-22(28-29)24(30)26-20-10-9-16(2)17(3)13-20/h4-14H,1-3H3,(H,26,30). The van der Waals surface area contributed by atoms with Gasteiger partial charge in [0.25, 0.3) is 5.91 Å². The Hall–Kier alpha value is -3.44. The lowest BCUT2D eigenvalue weighted by atomic mass is 10.1. The summed E-state index contributed by atoms with van der Waals surface area (Å²) in [6.45, 7) is 6.06. The van der Waals surface area contributed by atoms with Crippen LogP contribution in [0.15, 0.2) is 66.7 Å². The van der Waals surface area contributed by atoms with Crippen LogP contribution in [0.2, 0.25) is 5.02 Å². The van der Waals surface area contributed by atoms with Crippen LogP contribution < -0.4 is 5.32 Å². The fourth-order valence-electron chi connectivity index (χ4n) is 3.09. The van der Waals surface area contributed by atoms with Crippen LogP contribution >= 0.6 is 11.6 Å². The first-order valence-corrected chi connectivity index (χ1v) is 9.97. The molecule has 5 nitrogen and oxygen atoms in total. The van der Waals surface area contributed by atoms with E-state index >= 15 is 0 Å². The van der Waals surface area contributed by atoms with Crippen LogP contribution in [0.5, 0.6) is 0 Å². The summed E-state index contributed by atoms with van der Waals surface area (Å²) in [4.78, 5) is 17.4. The molecule has 0 aliphatic heterocycles. The number of benzene rings is 3. The maximum absolute atomic E-state index is 12.9. The number of aromatic nitrogens is 3. The number of aryl methyl sites for hydroxylation is 3. The van der Waals surface area contributed by atoms with Gasteiger partial charge in [0.15, 0.2) is 5.82 Å². The van der Waals surface area contributed by atoms with Crippen LogP contribution in [0.4, 0.5) is 5.69 Å². The minimum absolute atomic E-state index is 0.0868. The highest BCUT2D eigenvalue weighted by Crippen LogP contribution is 2.24. The van der Waals surface area contributed by atoms with Crippen molar-refractivity contribution >= 4 is 23.2 Å². The van der Waals surface area contributed by atoms with E-state index in [-0.39, 0.29) is 11.7 Å². The van der Waals surface area contributed by atoms with Gasteiger partial charge < -0.3 is 5.32 Å². The van der Waals surface area contributed by atoms with Crippen molar-refractivity contribution in [3.63, 3.8) is 0 Å². The van der Waals surface area contributed by atoms with Crippen LogP contribution in [-0.2, 0) is 0 Å². The second-order valence-corrected chi connectivity index (χ2v) is 7.71. The molecule has 4 rings (SSSR count). The fourth-order valence-corrected chi connectivity index (χ4v) is 3.29. The van der Waals surface area contributed by atoms with E-state index in [9.17, 15) is 4.79 Å². The van der Waals surface area contributed by atoms with E-state index in [1.54, 1.807) is 16.8 Å². The molecule has 0 aliphatic rings. The maximum atomic E-state index is 12.9. The first-order chi connectivity index (χ1) is 14.4. The molecule has 0 fully saturated rings. The topological polar surface area (TPSA) is 59.8 Å². The summed E-state index contributed by atoms with van der Waals surface area (Å²) >= 11 is 6.18. The Bertz CT molecular complexity index is 1230. The molecule has 0 unspecified atom stereocenters. The van der Waals surface area contributed by atoms with Gasteiger partial charge in [-0.25, -0.2) is 9.67 Å². The first-order valence-electron chi connectivity index (χ1n) is 9.59. The smallest absolute Gasteiger partial charge is 0.295 e. The highest BCUT2D eigenvalue weighted by Gasteiger charge is 2.19. The zero-order chi connectivity index (χ0) is 21.3. The summed E-state index contributed by atoms with van der Waals surface area (Å²) in [7, 11) is 0. The van der Waals surface area contributed by atoms with Gasteiger partial charge in [0.2, 0.25) is 5.82 Å². The van der Waals surface area contributed by atoms with Crippen molar-refractivity contribution in [1.82, 2.24) is 14.8 Å². The zero-order valence-electron chi connectivity index (χ0n) is 17.0. The first kappa shape index (κ1) is 19.9. The van der Waals surface area contributed by atoms with Gasteiger partial charge >= 0.3 is 0 Å². The van der Waals surface area contributed by atoms with Gasteiger partial charge in [0, 0.05) is 16.3 Å². The van der Waals surface area contributed by atoms with Crippen LogP contribution in [0, 0.1) is 20.8 Å². The molecule has 0 bridgehead atoms. The third kappa shape index (κ3) is 4.11. The van der Waals surface area contributed by atoms with E-state index in [1.807, 2.05) is 75.4 Å². The number of amides is 1. The Kier molecular flexibility index (Phi) is 5.38. The Labute approximate surface area is 180 Å². The Morgan fingerprint density at radius 1 is 0.933 bits per heavy atom. The van der Waals surface area contributed by atoms with Crippen molar-refractivity contribution in [1.29, 1.82) is 0 Å². The summed E-state index contributed by atoms with van der Waals surface area (Å²) in [5.41, 5.74) is 5.70. The van der Waals surface area contributed by atoms with Crippen molar-refractivity contribution < 1.29 is 4.79 Å². The Morgan fingerprint density at radius 2 is 1.70 bits per heavy atom. The molecule has 0 aliphatic carbocycles. The summed E-state index contributed by atoms with van der Waals surface area (Å²) < 4.78 is 1.67. The van der Waals surface area contributed by atoms with Crippen molar-refractivity contribution in [2.75, 3.05) is 5.32 Å².